The van der Waals surface area contributed by atoms with Crippen LogP contribution in [0.5, 0.6) is 5.75 Å². The molecular formula is C31H35FN9O4+. The molecule has 234 valence electrons. The number of rotatable bonds is 10. The van der Waals surface area contributed by atoms with Gasteiger partial charge in [0.1, 0.15) is 18.5 Å². The largest absolute Gasteiger partial charge is 0.494 e. The second-order valence-corrected chi connectivity index (χ2v) is 11.9. The summed E-state index contributed by atoms with van der Waals surface area (Å²) in [6, 6.07) is 5.12. The highest BCUT2D eigenvalue weighted by molar-refractivity contribution is 6.09. The van der Waals surface area contributed by atoms with E-state index in [9.17, 15) is 9.59 Å². The van der Waals surface area contributed by atoms with Crippen molar-refractivity contribution in [2.75, 3.05) is 25.2 Å². The summed E-state index contributed by atoms with van der Waals surface area (Å²) in [6.45, 7) is 2.72. The SMILES string of the molecule is CCOC(=O)CCc1cc(C2CC2)cn2cc(CN(N)/C=C(\N)C(=O)[N+]34Cc5c(ccc(OC)c5F)N5C=NN=C3C4C5)nc12. The topological polar surface area (TPSA) is 153 Å². The Kier molecular flexibility index (Phi) is 7.05. The summed E-state index contributed by atoms with van der Waals surface area (Å²) >= 11 is 0. The number of esters is 1. The molecule has 2 unspecified atom stereocenters. The molecule has 1 saturated heterocycles. The van der Waals surface area contributed by atoms with E-state index in [1.165, 1.54) is 23.9 Å². The molecule has 2 aromatic heterocycles. The number of carbonyl (C=O) groups excluding carboxylic acids is 2. The van der Waals surface area contributed by atoms with Gasteiger partial charge in [-0.2, -0.15) is 4.48 Å². The minimum absolute atomic E-state index is 0.0179. The molecular weight excluding hydrogens is 581 g/mol. The van der Waals surface area contributed by atoms with Crippen LogP contribution in [0.15, 0.2) is 52.7 Å². The molecule has 0 radical (unpaired) electrons. The monoisotopic (exact) mass is 616 g/mol. The molecule has 3 aliphatic heterocycles. The fourth-order valence-electron chi connectivity index (χ4n) is 6.52. The predicted molar refractivity (Wildman–Crippen MR) is 163 cm³/mol. The molecule has 3 aromatic rings. The zero-order chi connectivity index (χ0) is 31.5. The second-order valence-electron chi connectivity index (χ2n) is 11.9. The van der Waals surface area contributed by atoms with Gasteiger partial charge in [0.2, 0.25) is 6.04 Å². The molecule has 2 atom stereocenters. The van der Waals surface area contributed by atoms with E-state index in [-0.39, 0.29) is 47.5 Å². The maximum atomic E-state index is 15.5. The molecule has 45 heavy (non-hydrogen) atoms. The highest BCUT2D eigenvalue weighted by atomic mass is 19.1. The third-order valence-electron chi connectivity index (χ3n) is 8.92. The Morgan fingerprint density at radius 3 is 2.84 bits per heavy atom. The Balaban J connectivity index is 1.13. The molecule has 2 bridgehead atoms. The third-order valence-corrected chi connectivity index (χ3v) is 8.92. The highest BCUT2D eigenvalue weighted by Crippen LogP contribution is 2.47. The predicted octanol–water partition coefficient (Wildman–Crippen LogP) is 2.43. The number of nitrogens with zero attached hydrogens (tertiary/aromatic N) is 7. The van der Waals surface area contributed by atoms with Crippen molar-refractivity contribution in [3.63, 3.8) is 0 Å². The number of quaternary nitrogens is 1. The van der Waals surface area contributed by atoms with Gasteiger partial charge in [0.15, 0.2) is 17.3 Å². The first kappa shape index (κ1) is 28.9. The van der Waals surface area contributed by atoms with Gasteiger partial charge in [0.05, 0.1) is 43.8 Å². The van der Waals surface area contributed by atoms with E-state index in [1.807, 2.05) is 10.6 Å². The van der Waals surface area contributed by atoms with Crippen molar-refractivity contribution >= 4 is 35.4 Å². The van der Waals surface area contributed by atoms with Gasteiger partial charge in [-0.3, -0.25) is 4.79 Å². The number of amidine groups is 1. The van der Waals surface area contributed by atoms with Crippen LogP contribution in [0, 0.1) is 5.82 Å². The standard InChI is InChI=1S/C31H35FN9O4/c1-3-45-27(42)9-6-19-10-20(18-4-5-18)11-38-12-21(36-29(19)38)13-40(34)14-23(33)31(43)41-16-22-24(7-8-26(44-2)28(22)32)39-15-25(41)30(41)37-35-17-39/h7-8,10-12,14,17-18,25H,3-6,9,13,15-16,33-34H2,1-2H3/q+1/b23-14-. The average molecular weight is 617 g/mol. The number of nitrogens with two attached hydrogens (primary N) is 2. The summed E-state index contributed by atoms with van der Waals surface area (Å²) in [5, 5.41) is 9.72. The number of fused-ring (bicyclic) bond motifs is 5. The normalized spacial score (nSPS) is 21.5. The van der Waals surface area contributed by atoms with Gasteiger partial charge in [-0.05, 0) is 55.4 Å². The maximum absolute atomic E-state index is 15.5. The summed E-state index contributed by atoms with van der Waals surface area (Å²) in [5.41, 5.74) is 10.8. The van der Waals surface area contributed by atoms with Gasteiger partial charge in [0, 0.05) is 25.0 Å². The number of methoxy groups -OCH3 is 1. The summed E-state index contributed by atoms with van der Waals surface area (Å²) in [4.78, 5) is 32.6. The van der Waals surface area contributed by atoms with E-state index in [1.54, 1.807) is 30.3 Å². The van der Waals surface area contributed by atoms with E-state index in [2.05, 4.69) is 22.5 Å². The second kappa shape index (κ2) is 11.0. The molecule has 1 amide bonds. The summed E-state index contributed by atoms with van der Waals surface area (Å²) in [5.74, 6) is 6.26. The van der Waals surface area contributed by atoms with Crippen molar-refractivity contribution in [3.8, 4) is 5.75 Å². The third kappa shape index (κ3) is 4.99. The van der Waals surface area contributed by atoms with E-state index in [4.69, 9.17) is 26.0 Å². The lowest BCUT2D eigenvalue weighted by Crippen LogP contribution is -2.42. The maximum Gasteiger partial charge on any atom is 0.370 e. The zero-order valence-electron chi connectivity index (χ0n) is 25.1. The fraction of sp³-hybridized carbons (Fsp3) is 0.387. The fourth-order valence-corrected chi connectivity index (χ4v) is 6.52. The van der Waals surface area contributed by atoms with Crippen LogP contribution >= 0.6 is 0 Å². The molecule has 1 aliphatic carbocycles. The Labute approximate surface area is 258 Å². The Bertz CT molecular complexity index is 1810. The molecule has 5 heterocycles. The number of hydrogen-bond donors (Lipinski definition) is 2. The van der Waals surface area contributed by atoms with Crippen LogP contribution in [0.25, 0.3) is 5.65 Å². The first-order valence-corrected chi connectivity index (χ1v) is 15.0. The van der Waals surface area contributed by atoms with Gasteiger partial charge in [-0.25, -0.2) is 20.0 Å². The quantitative estimate of drug-likeness (QED) is 0.0873. The van der Waals surface area contributed by atoms with Crippen LogP contribution in [0.4, 0.5) is 10.1 Å². The summed E-state index contributed by atoms with van der Waals surface area (Å²) in [6.07, 6.45) is 9.95. The molecule has 13 nitrogen and oxygen atoms in total. The summed E-state index contributed by atoms with van der Waals surface area (Å²) < 4.78 is 27.6. The van der Waals surface area contributed by atoms with E-state index in [0.717, 1.165) is 24.1 Å². The Morgan fingerprint density at radius 2 is 2.09 bits per heavy atom. The first-order valence-electron chi connectivity index (χ1n) is 15.0. The number of pyridine rings is 1. The number of anilines is 1. The van der Waals surface area contributed by atoms with E-state index < -0.39 is 11.7 Å². The number of amides is 1. The lowest BCUT2D eigenvalue weighted by molar-refractivity contribution is -0.701. The van der Waals surface area contributed by atoms with Crippen molar-refractivity contribution in [3.05, 3.63) is 70.7 Å². The number of aromatic nitrogens is 2. The highest BCUT2D eigenvalue weighted by Gasteiger charge is 2.73. The molecule has 4 aliphatic rings. The molecule has 14 heteroatoms. The van der Waals surface area contributed by atoms with E-state index in [0.29, 0.717) is 48.3 Å². The number of aryl methyl sites for hydroxylation is 1. The first-order chi connectivity index (χ1) is 21.7. The van der Waals surface area contributed by atoms with Crippen molar-refractivity contribution in [2.45, 2.75) is 57.7 Å². The molecule has 4 N–H and O–H groups in total. The molecule has 0 spiro atoms. The number of ether oxygens (including phenoxy) is 2. The lowest BCUT2D eigenvalue weighted by atomic mass is 10.1. The van der Waals surface area contributed by atoms with E-state index >= 15 is 4.39 Å². The van der Waals surface area contributed by atoms with Crippen molar-refractivity contribution in [1.29, 1.82) is 0 Å². The van der Waals surface area contributed by atoms with Crippen LogP contribution in [-0.2, 0) is 33.8 Å². The van der Waals surface area contributed by atoms with Crippen LogP contribution in [0.3, 0.4) is 0 Å². The molecule has 1 saturated carbocycles. The number of halogens is 1. The number of hydrazine groups is 1. The van der Waals surface area contributed by atoms with Crippen LogP contribution < -0.4 is 21.2 Å². The van der Waals surface area contributed by atoms with Crippen molar-refractivity contribution in [2.24, 2.45) is 21.8 Å². The number of imidazole rings is 1. The Morgan fingerprint density at radius 1 is 1.27 bits per heavy atom. The van der Waals surface area contributed by atoms with Crippen molar-refractivity contribution < 1.29 is 27.9 Å². The number of benzene rings is 1. The van der Waals surface area contributed by atoms with Crippen molar-refractivity contribution in [1.82, 2.24) is 14.4 Å². The minimum Gasteiger partial charge on any atom is -0.494 e. The molecule has 1 aromatic carbocycles. The molecule has 2 fully saturated rings. The zero-order valence-corrected chi connectivity index (χ0v) is 25.1. The Hall–Kier alpha value is -4.82. The van der Waals surface area contributed by atoms with Gasteiger partial charge in [-0.15, -0.1) is 5.10 Å². The van der Waals surface area contributed by atoms with Crippen LogP contribution in [0.1, 0.15) is 54.5 Å². The van der Waals surface area contributed by atoms with Gasteiger partial charge in [-0.1, -0.05) is 11.2 Å². The van der Waals surface area contributed by atoms with Gasteiger partial charge < -0.3 is 29.5 Å². The summed E-state index contributed by atoms with van der Waals surface area (Å²) in [7, 11) is 1.40. The molecule has 7 rings (SSSR count). The average Bonchev–Trinajstić information content (AvgIpc) is 3.92. The van der Waals surface area contributed by atoms with Crippen LogP contribution in [-0.4, -0.2) is 69.2 Å². The van der Waals surface area contributed by atoms with Crippen LogP contribution in [0.2, 0.25) is 0 Å². The number of carbonyl (C=O) groups is 2. The van der Waals surface area contributed by atoms with Gasteiger partial charge in [0.25, 0.3) is 5.84 Å². The minimum atomic E-state index is -0.534. The number of hydrogen-bond acceptors (Lipinski definition) is 11. The lowest BCUT2D eigenvalue weighted by Gasteiger charge is -2.19. The van der Waals surface area contributed by atoms with Gasteiger partial charge >= 0.3 is 11.9 Å². The smallest absolute Gasteiger partial charge is 0.370 e.